The van der Waals surface area contributed by atoms with Crippen molar-refractivity contribution in [1.82, 2.24) is 4.98 Å². The fourth-order valence-corrected chi connectivity index (χ4v) is 1.21. The normalized spacial score (nSPS) is 9.42. The number of rotatable bonds is 0. The summed E-state index contributed by atoms with van der Waals surface area (Å²) in [4.78, 5) is 4.12. The van der Waals surface area contributed by atoms with Crippen LogP contribution in [-0.4, -0.2) is 4.98 Å². The van der Waals surface area contributed by atoms with Gasteiger partial charge in [-0.25, -0.2) is 0 Å². The van der Waals surface area contributed by atoms with Gasteiger partial charge in [0.2, 0.25) is 0 Å². The van der Waals surface area contributed by atoms with Crippen LogP contribution >= 0.6 is 0 Å². The molecular weight excluding hydrogens is 157 g/mol. The summed E-state index contributed by atoms with van der Waals surface area (Å²) in [5.41, 5.74) is 2.29. The van der Waals surface area contributed by atoms with E-state index in [-0.39, 0.29) is 29.6 Å². The first kappa shape index (κ1) is 9.72. The third-order valence-electron chi connectivity index (χ3n) is 1.81. The predicted octanol–water partition coefficient (Wildman–Crippen LogP) is -0.653. The van der Waals surface area contributed by atoms with Gasteiger partial charge in [-0.3, -0.25) is 0 Å². The zero-order chi connectivity index (χ0) is 7.68. The van der Waals surface area contributed by atoms with Gasteiger partial charge in [-0.15, -0.1) is 5.39 Å². The number of pyridine rings is 1. The van der Waals surface area contributed by atoms with Crippen LogP contribution in [-0.2, 0) is 0 Å². The van der Waals surface area contributed by atoms with Crippen LogP contribution in [0.1, 0.15) is 5.56 Å². The third-order valence-corrected chi connectivity index (χ3v) is 1.81. The van der Waals surface area contributed by atoms with E-state index in [1.807, 2.05) is 24.3 Å². The quantitative estimate of drug-likeness (QED) is 0.373. The molecular formula is C10H8NNa. The van der Waals surface area contributed by atoms with E-state index in [0.717, 1.165) is 5.52 Å². The minimum Gasteiger partial charge on any atom is -0.386 e. The van der Waals surface area contributed by atoms with Gasteiger partial charge < -0.3 is 4.98 Å². The maximum Gasteiger partial charge on any atom is 1.00 e. The molecule has 0 aliphatic carbocycles. The molecule has 0 aliphatic rings. The van der Waals surface area contributed by atoms with E-state index in [2.05, 4.69) is 24.2 Å². The van der Waals surface area contributed by atoms with E-state index in [1.165, 1.54) is 10.9 Å². The van der Waals surface area contributed by atoms with Crippen LogP contribution < -0.4 is 29.6 Å². The Morgan fingerprint density at radius 2 is 2.08 bits per heavy atom. The van der Waals surface area contributed by atoms with Crippen LogP contribution in [0, 0.1) is 13.1 Å². The Hall–Kier alpha value is -0.370. The molecule has 2 aromatic rings. The molecule has 0 saturated carbocycles. The number of fused-ring (bicyclic) bond motifs is 1. The summed E-state index contributed by atoms with van der Waals surface area (Å²) in [5, 5.41) is 1.21. The average Bonchev–Trinajstić information content (AvgIpc) is 2.06. The molecule has 0 fully saturated rings. The maximum atomic E-state index is 4.12. The monoisotopic (exact) mass is 165 g/mol. The van der Waals surface area contributed by atoms with E-state index < -0.39 is 0 Å². The van der Waals surface area contributed by atoms with Crippen LogP contribution in [0.25, 0.3) is 10.9 Å². The van der Waals surface area contributed by atoms with Crippen LogP contribution in [0.3, 0.4) is 0 Å². The van der Waals surface area contributed by atoms with E-state index in [0.29, 0.717) is 0 Å². The number of aryl methyl sites for hydroxylation is 1. The SMILES string of the molecule is Cc1cccc2n[c-]ccc12.[Na+]. The van der Waals surface area contributed by atoms with Crippen LogP contribution in [0.5, 0.6) is 0 Å². The largest absolute Gasteiger partial charge is 1.00 e. The van der Waals surface area contributed by atoms with Gasteiger partial charge in [0.25, 0.3) is 0 Å². The van der Waals surface area contributed by atoms with Gasteiger partial charge in [0.05, 0.1) is 0 Å². The maximum absolute atomic E-state index is 4.12. The third kappa shape index (κ3) is 1.69. The molecule has 1 heterocycles. The van der Waals surface area contributed by atoms with Gasteiger partial charge in [-0.05, 0) is 12.4 Å². The second-order valence-electron chi connectivity index (χ2n) is 2.58. The fourth-order valence-electron chi connectivity index (χ4n) is 1.21. The first-order valence-electron chi connectivity index (χ1n) is 3.60. The van der Waals surface area contributed by atoms with Gasteiger partial charge in [0.1, 0.15) is 0 Å². The van der Waals surface area contributed by atoms with E-state index in [4.69, 9.17) is 0 Å². The molecule has 0 atom stereocenters. The van der Waals surface area contributed by atoms with E-state index >= 15 is 0 Å². The van der Waals surface area contributed by atoms with Gasteiger partial charge in [-0.2, -0.15) is 12.1 Å². The molecule has 2 rings (SSSR count). The Morgan fingerprint density at radius 1 is 1.25 bits per heavy atom. The first-order chi connectivity index (χ1) is 5.38. The molecule has 54 valence electrons. The summed E-state index contributed by atoms with van der Waals surface area (Å²) in [6.45, 7) is 2.09. The molecule has 0 aliphatic heterocycles. The topological polar surface area (TPSA) is 12.9 Å². The van der Waals surface area contributed by atoms with Gasteiger partial charge in [-0.1, -0.05) is 30.0 Å². The van der Waals surface area contributed by atoms with Gasteiger partial charge >= 0.3 is 29.6 Å². The summed E-state index contributed by atoms with van der Waals surface area (Å²) in [6, 6.07) is 9.98. The standard InChI is InChI=1S/C10H8N.Na/c1-8-4-2-6-10-9(8)5-3-7-11-10;/h2-6H,1H3;/q-1;+1. The summed E-state index contributed by atoms with van der Waals surface area (Å²) < 4.78 is 0. The number of aromatic nitrogens is 1. The molecule has 0 N–H and O–H groups in total. The molecule has 0 bridgehead atoms. The van der Waals surface area contributed by atoms with Crippen molar-refractivity contribution in [2.24, 2.45) is 0 Å². The summed E-state index contributed by atoms with van der Waals surface area (Å²) in [6.07, 6.45) is 2.81. The second kappa shape index (κ2) is 4.04. The minimum absolute atomic E-state index is 0. The van der Waals surface area contributed by atoms with Crippen molar-refractivity contribution >= 4 is 10.9 Å². The molecule has 2 heteroatoms. The van der Waals surface area contributed by atoms with Crippen LogP contribution in [0.2, 0.25) is 0 Å². The fraction of sp³-hybridized carbons (Fsp3) is 0.100. The van der Waals surface area contributed by atoms with Crippen molar-refractivity contribution in [1.29, 1.82) is 0 Å². The molecule has 0 spiro atoms. The number of hydrogen-bond acceptors (Lipinski definition) is 1. The van der Waals surface area contributed by atoms with Crippen molar-refractivity contribution in [3.05, 3.63) is 42.1 Å². The Morgan fingerprint density at radius 3 is 2.83 bits per heavy atom. The molecule has 1 nitrogen and oxygen atoms in total. The molecule has 1 aromatic carbocycles. The van der Waals surface area contributed by atoms with Crippen molar-refractivity contribution in [3.8, 4) is 0 Å². The van der Waals surface area contributed by atoms with Crippen molar-refractivity contribution in [2.45, 2.75) is 6.92 Å². The van der Waals surface area contributed by atoms with E-state index in [9.17, 15) is 0 Å². The molecule has 0 unspecified atom stereocenters. The van der Waals surface area contributed by atoms with Crippen LogP contribution in [0.4, 0.5) is 0 Å². The number of nitrogens with zero attached hydrogens (tertiary/aromatic N) is 1. The molecule has 12 heavy (non-hydrogen) atoms. The van der Waals surface area contributed by atoms with Crippen molar-refractivity contribution in [2.75, 3.05) is 0 Å². The molecule has 0 saturated heterocycles. The molecule has 0 amide bonds. The Balaban J connectivity index is 0.000000720. The zero-order valence-electron chi connectivity index (χ0n) is 7.33. The van der Waals surface area contributed by atoms with Crippen molar-refractivity contribution in [3.63, 3.8) is 0 Å². The minimum atomic E-state index is 0. The zero-order valence-corrected chi connectivity index (χ0v) is 9.33. The van der Waals surface area contributed by atoms with Crippen molar-refractivity contribution < 1.29 is 29.6 Å². The Kier molecular flexibility index (Phi) is 3.27. The molecule has 1 aromatic heterocycles. The smallest absolute Gasteiger partial charge is 0.386 e. The van der Waals surface area contributed by atoms with Gasteiger partial charge in [0, 0.05) is 0 Å². The van der Waals surface area contributed by atoms with Gasteiger partial charge in [0.15, 0.2) is 0 Å². The number of hydrogen-bond donors (Lipinski definition) is 0. The van der Waals surface area contributed by atoms with E-state index in [1.54, 1.807) is 0 Å². The molecule has 0 radical (unpaired) electrons. The van der Waals surface area contributed by atoms with Crippen LogP contribution in [0.15, 0.2) is 30.3 Å². The number of benzene rings is 1. The Bertz CT molecular complexity index is 379. The summed E-state index contributed by atoms with van der Waals surface area (Å²) in [5.74, 6) is 0. The predicted molar refractivity (Wildman–Crippen MR) is 45.3 cm³/mol. The summed E-state index contributed by atoms with van der Waals surface area (Å²) >= 11 is 0. The average molecular weight is 165 g/mol. The first-order valence-corrected chi connectivity index (χ1v) is 3.60. The second-order valence-corrected chi connectivity index (χ2v) is 2.58. The summed E-state index contributed by atoms with van der Waals surface area (Å²) in [7, 11) is 0. The Labute approximate surface area is 94.1 Å².